The lowest BCUT2D eigenvalue weighted by atomic mass is 10.1. The molecule has 0 aliphatic carbocycles. The number of piperidine rings is 1. The van der Waals surface area contributed by atoms with Gasteiger partial charge in [0, 0.05) is 17.5 Å². The second-order valence-corrected chi connectivity index (χ2v) is 9.36. The van der Waals surface area contributed by atoms with Crippen molar-refractivity contribution in [1.82, 2.24) is 4.90 Å². The number of amides is 2. The largest absolute Gasteiger partial charge is 0.505 e. The normalized spacial score (nSPS) is 14.6. The van der Waals surface area contributed by atoms with Gasteiger partial charge in [-0.05, 0) is 49.7 Å². The average Bonchev–Trinajstić information content (AvgIpc) is 3.11. The number of nitrogens with zero attached hydrogens (tertiary/aromatic N) is 1. The van der Waals surface area contributed by atoms with Crippen LogP contribution >= 0.6 is 34.5 Å². The van der Waals surface area contributed by atoms with Gasteiger partial charge in [0.1, 0.15) is 10.0 Å². The SMILES string of the molecule is NC(=O)c1c(NC(=O)c2ccc(CN3CCCCC3)cc2)sc2c(Cl)c(O)c(Cl)cc12. The number of aromatic hydroxyl groups is 1. The highest BCUT2D eigenvalue weighted by atomic mass is 35.5. The molecule has 4 N–H and O–H groups in total. The van der Waals surface area contributed by atoms with Crippen LogP contribution in [0.5, 0.6) is 5.75 Å². The Kier molecular flexibility index (Phi) is 6.39. The van der Waals surface area contributed by atoms with Crippen LogP contribution in [0.4, 0.5) is 5.00 Å². The highest BCUT2D eigenvalue weighted by molar-refractivity contribution is 7.24. The van der Waals surface area contributed by atoms with E-state index < -0.39 is 5.91 Å². The summed E-state index contributed by atoms with van der Waals surface area (Å²) in [6.45, 7) is 3.07. The van der Waals surface area contributed by atoms with Gasteiger partial charge in [-0.25, -0.2) is 0 Å². The first kappa shape index (κ1) is 21.9. The molecule has 0 unspecified atom stereocenters. The number of hydrogen-bond acceptors (Lipinski definition) is 5. The minimum Gasteiger partial charge on any atom is -0.505 e. The first-order valence-electron chi connectivity index (χ1n) is 9.91. The molecule has 2 amide bonds. The number of rotatable bonds is 5. The van der Waals surface area contributed by atoms with Crippen LogP contribution in [0.25, 0.3) is 10.1 Å². The molecule has 2 heterocycles. The Morgan fingerprint density at radius 1 is 1.13 bits per heavy atom. The van der Waals surface area contributed by atoms with E-state index >= 15 is 0 Å². The average molecular weight is 478 g/mol. The van der Waals surface area contributed by atoms with Gasteiger partial charge in [0.05, 0.1) is 15.3 Å². The summed E-state index contributed by atoms with van der Waals surface area (Å²) in [7, 11) is 0. The molecular formula is C22H21Cl2N3O3S. The molecule has 9 heteroatoms. The van der Waals surface area contributed by atoms with Crippen molar-refractivity contribution in [3.05, 3.63) is 57.1 Å². The lowest BCUT2D eigenvalue weighted by molar-refractivity contribution is 0.100. The van der Waals surface area contributed by atoms with Gasteiger partial charge in [-0.1, -0.05) is 41.8 Å². The Hall–Kier alpha value is -2.32. The number of fused-ring (bicyclic) bond motifs is 1. The molecule has 162 valence electrons. The monoisotopic (exact) mass is 477 g/mol. The fraction of sp³-hybridized carbons (Fsp3) is 0.273. The minimum atomic E-state index is -0.726. The minimum absolute atomic E-state index is 0.0000270. The summed E-state index contributed by atoms with van der Waals surface area (Å²) in [4.78, 5) is 27.3. The number of benzene rings is 2. The quantitative estimate of drug-likeness (QED) is 0.467. The number of anilines is 1. The lowest BCUT2D eigenvalue weighted by Crippen LogP contribution is -2.29. The third-order valence-corrected chi connectivity index (χ3v) is 7.30. The summed E-state index contributed by atoms with van der Waals surface area (Å²) in [5, 5.41) is 13.4. The van der Waals surface area contributed by atoms with E-state index in [-0.39, 0.29) is 32.3 Å². The maximum atomic E-state index is 12.8. The molecule has 0 radical (unpaired) electrons. The zero-order valence-electron chi connectivity index (χ0n) is 16.6. The highest BCUT2D eigenvalue weighted by Gasteiger charge is 2.23. The first-order chi connectivity index (χ1) is 14.8. The number of phenolic OH excluding ortho intramolecular Hbond substituents is 1. The third kappa shape index (κ3) is 4.50. The van der Waals surface area contributed by atoms with Crippen LogP contribution in [-0.2, 0) is 6.54 Å². The number of likely N-dealkylation sites (tertiary alicyclic amines) is 1. The Morgan fingerprint density at radius 2 is 1.81 bits per heavy atom. The van der Waals surface area contributed by atoms with Crippen molar-refractivity contribution in [3.8, 4) is 5.75 Å². The van der Waals surface area contributed by atoms with Gasteiger partial charge in [-0.15, -0.1) is 11.3 Å². The molecule has 6 nitrogen and oxygen atoms in total. The fourth-order valence-electron chi connectivity index (χ4n) is 3.80. The second-order valence-electron chi connectivity index (χ2n) is 7.56. The summed E-state index contributed by atoms with van der Waals surface area (Å²) in [6, 6.07) is 8.83. The molecule has 0 spiro atoms. The number of carbonyl (C=O) groups is 2. The van der Waals surface area contributed by atoms with Crippen molar-refractivity contribution in [1.29, 1.82) is 0 Å². The van der Waals surface area contributed by atoms with Gasteiger partial charge in [0.25, 0.3) is 11.8 Å². The molecule has 0 bridgehead atoms. The van der Waals surface area contributed by atoms with E-state index in [4.69, 9.17) is 28.9 Å². The first-order valence-corrected chi connectivity index (χ1v) is 11.5. The number of hydrogen-bond donors (Lipinski definition) is 3. The van der Waals surface area contributed by atoms with Gasteiger partial charge in [-0.3, -0.25) is 14.5 Å². The third-order valence-electron chi connectivity index (χ3n) is 5.39. The van der Waals surface area contributed by atoms with Crippen LogP contribution in [0.1, 0.15) is 45.5 Å². The van der Waals surface area contributed by atoms with Crippen LogP contribution in [0.15, 0.2) is 30.3 Å². The standard InChI is InChI=1S/C22H21Cl2N3O3S/c23-15-10-14-16(20(25)29)22(31-19(14)17(24)18(15)28)26-21(30)13-6-4-12(5-7-13)11-27-8-2-1-3-9-27/h4-7,10,28H,1-3,8-9,11H2,(H2,25,29)(H,26,30). The van der Waals surface area contributed by atoms with Gasteiger partial charge in [0.2, 0.25) is 0 Å². The van der Waals surface area contributed by atoms with E-state index in [2.05, 4.69) is 10.2 Å². The maximum Gasteiger partial charge on any atom is 0.256 e. The molecule has 1 aliphatic rings. The van der Waals surface area contributed by atoms with Gasteiger partial charge >= 0.3 is 0 Å². The molecule has 1 saturated heterocycles. The van der Waals surface area contributed by atoms with Gasteiger partial charge in [0.15, 0.2) is 5.75 Å². The molecule has 1 aromatic heterocycles. The van der Waals surface area contributed by atoms with E-state index in [1.54, 1.807) is 12.1 Å². The molecule has 1 aliphatic heterocycles. The van der Waals surface area contributed by atoms with Crippen LogP contribution in [-0.4, -0.2) is 34.9 Å². The lowest BCUT2D eigenvalue weighted by Gasteiger charge is -2.26. The number of thiophene rings is 1. The maximum absolute atomic E-state index is 12.8. The topological polar surface area (TPSA) is 95.7 Å². The zero-order chi connectivity index (χ0) is 22.1. The molecule has 0 atom stereocenters. The number of phenols is 1. The van der Waals surface area contributed by atoms with Crippen molar-refractivity contribution >= 4 is 61.4 Å². The van der Waals surface area contributed by atoms with E-state index in [1.807, 2.05) is 12.1 Å². The van der Waals surface area contributed by atoms with Gasteiger partial charge in [-0.2, -0.15) is 0 Å². The molecular weight excluding hydrogens is 457 g/mol. The number of carbonyl (C=O) groups excluding carboxylic acids is 2. The van der Waals surface area contributed by atoms with E-state index in [0.717, 1.165) is 36.5 Å². The van der Waals surface area contributed by atoms with Crippen molar-refractivity contribution in [2.45, 2.75) is 25.8 Å². The number of halogens is 2. The van der Waals surface area contributed by atoms with E-state index in [1.165, 1.54) is 25.3 Å². The number of nitrogens with one attached hydrogen (secondary N) is 1. The Labute approximate surface area is 193 Å². The predicted octanol–water partition coefficient (Wildman–Crippen LogP) is 5.25. The molecule has 31 heavy (non-hydrogen) atoms. The number of primary amides is 1. The summed E-state index contributed by atoms with van der Waals surface area (Å²) >= 11 is 13.2. The highest BCUT2D eigenvalue weighted by Crippen LogP contribution is 2.46. The molecule has 4 rings (SSSR count). The second kappa shape index (κ2) is 9.04. The summed E-state index contributed by atoms with van der Waals surface area (Å²) in [5.74, 6) is -1.38. The fourth-order valence-corrected chi connectivity index (χ4v) is 5.49. The smallest absolute Gasteiger partial charge is 0.256 e. The summed E-state index contributed by atoms with van der Waals surface area (Å²) < 4.78 is 0.421. The Bertz CT molecular complexity index is 1160. The van der Waals surface area contributed by atoms with Crippen LogP contribution in [0.2, 0.25) is 10.0 Å². The number of nitrogens with two attached hydrogens (primary N) is 1. The van der Waals surface area contributed by atoms with Crippen LogP contribution in [0, 0.1) is 0 Å². The predicted molar refractivity (Wildman–Crippen MR) is 126 cm³/mol. The van der Waals surface area contributed by atoms with E-state index in [9.17, 15) is 14.7 Å². The van der Waals surface area contributed by atoms with Gasteiger partial charge < -0.3 is 16.2 Å². The van der Waals surface area contributed by atoms with E-state index in [0.29, 0.717) is 15.6 Å². The zero-order valence-corrected chi connectivity index (χ0v) is 18.9. The van der Waals surface area contributed by atoms with Crippen LogP contribution in [0.3, 0.4) is 0 Å². The van der Waals surface area contributed by atoms with Crippen molar-refractivity contribution in [2.75, 3.05) is 18.4 Å². The Balaban J connectivity index is 1.57. The molecule has 1 fully saturated rings. The molecule has 2 aromatic carbocycles. The van der Waals surface area contributed by atoms with Crippen molar-refractivity contribution in [2.24, 2.45) is 5.73 Å². The Morgan fingerprint density at radius 3 is 2.45 bits per heavy atom. The molecule has 0 saturated carbocycles. The molecule has 3 aromatic rings. The van der Waals surface area contributed by atoms with Crippen molar-refractivity contribution in [3.63, 3.8) is 0 Å². The summed E-state index contributed by atoms with van der Waals surface area (Å²) in [5.41, 5.74) is 7.27. The summed E-state index contributed by atoms with van der Waals surface area (Å²) in [6.07, 6.45) is 3.74. The van der Waals surface area contributed by atoms with Crippen molar-refractivity contribution < 1.29 is 14.7 Å². The van der Waals surface area contributed by atoms with Crippen LogP contribution < -0.4 is 11.1 Å².